The van der Waals surface area contributed by atoms with Gasteiger partial charge in [0.1, 0.15) is 11.6 Å². The zero-order valence-corrected chi connectivity index (χ0v) is 12.3. The fourth-order valence-corrected chi connectivity index (χ4v) is 2.29. The SMILES string of the molecule is CCNc1cc([N+](=O)[O-])cc(NCCSCCCO)n1. The van der Waals surface area contributed by atoms with Gasteiger partial charge in [-0.2, -0.15) is 11.8 Å². The summed E-state index contributed by atoms with van der Waals surface area (Å²) in [6, 6.07) is 2.85. The second-order valence-electron chi connectivity index (χ2n) is 4.00. The minimum absolute atomic E-state index is 0.0198. The lowest BCUT2D eigenvalue weighted by Crippen LogP contribution is -2.08. The monoisotopic (exact) mass is 300 g/mol. The van der Waals surface area contributed by atoms with E-state index in [2.05, 4.69) is 15.6 Å². The summed E-state index contributed by atoms with van der Waals surface area (Å²) in [5.41, 5.74) is 0.0198. The van der Waals surface area contributed by atoms with E-state index >= 15 is 0 Å². The molecule has 0 aromatic carbocycles. The Morgan fingerprint density at radius 3 is 2.65 bits per heavy atom. The molecule has 1 heterocycles. The number of rotatable bonds is 10. The molecule has 0 atom stereocenters. The Labute approximate surface area is 122 Å². The highest BCUT2D eigenvalue weighted by Gasteiger charge is 2.10. The van der Waals surface area contributed by atoms with Crippen LogP contribution in [0.5, 0.6) is 0 Å². The molecule has 1 aromatic rings. The third kappa shape index (κ3) is 6.07. The molecule has 0 saturated heterocycles. The number of thioether (sulfide) groups is 1. The molecule has 0 saturated carbocycles. The van der Waals surface area contributed by atoms with Crippen molar-refractivity contribution in [1.82, 2.24) is 4.98 Å². The Morgan fingerprint density at radius 1 is 1.35 bits per heavy atom. The summed E-state index contributed by atoms with van der Waals surface area (Å²) in [7, 11) is 0. The van der Waals surface area contributed by atoms with Gasteiger partial charge in [0.05, 0.1) is 17.1 Å². The second-order valence-corrected chi connectivity index (χ2v) is 5.22. The number of aromatic nitrogens is 1. The van der Waals surface area contributed by atoms with Crippen molar-refractivity contribution in [2.45, 2.75) is 13.3 Å². The van der Waals surface area contributed by atoms with Crippen molar-refractivity contribution in [1.29, 1.82) is 0 Å². The molecule has 1 rings (SSSR count). The van der Waals surface area contributed by atoms with Crippen LogP contribution in [-0.4, -0.2) is 46.2 Å². The molecule has 1 aromatic heterocycles. The molecule has 0 aliphatic heterocycles. The maximum atomic E-state index is 10.9. The minimum Gasteiger partial charge on any atom is -0.396 e. The minimum atomic E-state index is -0.427. The summed E-state index contributed by atoms with van der Waals surface area (Å²) < 4.78 is 0. The fourth-order valence-electron chi connectivity index (χ4n) is 1.50. The normalized spacial score (nSPS) is 10.3. The number of hydrogen-bond donors (Lipinski definition) is 3. The second kappa shape index (κ2) is 9.38. The third-order valence-electron chi connectivity index (χ3n) is 2.38. The third-order valence-corrected chi connectivity index (χ3v) is 3.45. The Kier molecular flexibility index (Phi) is 7.74. The van der Waals surface area contributed by atoms with E-state index in [0.717, 1.165) is 17.9 Å². The number of aliphatic hydroxyl groups is 1. The van der Waals surface area contributed by atoms with Gasteiger partial charge in [0.15, 0.2) is 0 Å². The molecular formula is C12H20N4O3S. The number of aliphatic hydroxyl groups excluding tert-OH is 1. The van der Waals surface area contributed by atoms with Gasteiger partial charge in [-0.05, 0) is 19.1 Å². The van der Waals surface area contributed by atoms with Crippen LogP contribution in [0.4, 0.5) is 17.3 Å². The number of hydrogen-bond acceptors (Lipinski definition) is 7. The number of pyridine rings is 1. The van der Waals surface area contributed by atoms with E-state index in [9.17, 15) is 10.1 Å². The van der Waals surface area contributed by atoms with Crippen LogP contribution in [0.15, 0.2) is 12.1 Å². The van der Waals surface area contributed by atoms with Crippen LogP contribution in [-0.2, 0) is 0 Å². The van der Waals surface area contributed by atoms with Gasteiger partial charge in [0.2, 0.25) is 0 Å². The summed E-state index contributed by atoms with van der Waals surface area (Å²) >= 11 is 1.72. The van der Waals surface area contributed by atoms with Crippen molar-refractivity contribution < 1.29 is 10.0 Å². The lowest BCUT2D eigenvalue weighted by atomic mass is 10.3. The van der Waals surface area contributed by atoms with E-state index in [1.165, 1.54) is 12.1 Å². The predicted molar refractivity (Wildman–Crippen MR) is 82.6 cm³/mol. The van der Waals surface area contributed by atoms with E-state index in [-0.39, 0.29) is 12.3 Å². The molecule has 0 fully saturated rings. The molecule has 0 unspecified atom stereocenters. The number of nitro groups is 1. The van der Waals surface area contributed by atoms with Crippen LogP contribution in [0, 0.1) is 10.1 Å². The molecular weight excluding hydrogens is 280 g/mol. The maximum absolute atomic E-state index is 10.9. The maximum Gasteiger partial charge on any atom is 0.276 e. The van der Waals surface area contributed by atoms with Crippen LogP contribution in [0.1, 0.15) is 13.3 Å². The van der Waals surface area contributed by atoms with Crippen molar-refractivity contribution in [2.75, 3.05) is 41.8 Å². The molecule has 0 aliphatic rings. The van der Waals surface area contributed by atoms with Crippen LogP contribution in [0.25, 0.3) is 0 Å². The summed E-state index contributed by atoms with van der Waals surface area (Å²) in [4.78, 5) is 14.7. The zero-order chi connectivity index (χ0) is 14.8. The van der Waals surface area contributed by atoms with Crippen LogP contribution in [0.2, 0.25) is 0 Å². The Hall–Kier alpha value is -1.54. The molecule has 0 bridgehead atoms. The summed E-state index contributed by atoms with van der Waals surface area (Å²) in [6.45, 7) is 3.45. The summed E-state index contributed by atoms with van der Waals surface area (Å²) in [5.74, 6) is 2.76. The van der Waals surface area contributed by atoms with Gasteiger partial charge in [-0.25, -0.2) is 4.98 Å². The highest BCUT2D eigenvalue weighted by molar-refractivity contribution is 7.99. The molecule has 0 aliphatic carbocycles. The number of nitrogens with one attached hydrogen (secondary N) is 2. The van der Waals surface area contributed by atoms with Crippen LogP contribution in [0.3, 0.4) is 0 Å². The summed E-state index contributed by atoms with van der Waals surface area (Å²) in [6.07, 6.45) is 0.782. The van der Waals surface area contributed by atoms with Gasteiger partial charge < -0.3 is 15.7 Å². The molecule has 8 heteroatoms. The van der Waals surface area contributed by atoms with E-state index in [1.807, 2.05) is 6.92 Å². The standard InChI is InChI=1S/C12H20N4O3S/c1-2-13-11-8-10(16(18)19)9-12(15-11)14-4-7-20-6-3-5-17/h8-9,17H,2-7H2,1H3,(H2,13,14,15). The predicted octanol–water partition coefficient (Wildman–Crippen LogP) is 1.95. The quantitative estimate of drug-likeness (QED) is 0.345. The van der Waals surface area contributed by atoms with Gasteiger partial charge in [-0.3, -0.25) is 10.1 Å². The average Bonchev–Trinajstić information content (AvgIpc) is 2.43. The van der Waals surface area contributed by atoms with Gasteiger partial charge in [0.25, 0.3) is 5.69 Å². The fraction of sp³-hybridized carbons (Fsp3) is 0.583. The van der Waals surface area contributed by atoms with E-state index < -0.39 is 4.92 Å². The van der Waals surface area contributed by atoms with Crippen molar-refractivity contribution in [3.05, 3.63) is 22.2 Å². The first-order valence-electron chi connectivity index (χ1n) is 6.50. The molecule has 20 heavy (non-hydrogen) atoms. The van der Waals surface area contributed by atoms with E-state index in [4.69, 9.17) is 5.11 Å². The van der Waals surface area contributed by atoms with Crippen molar-refractivity contribution >= 4 is 29.1 Å². The molecule has 7 nitrogen and oxygen atoms in total. The van der Waals surface area contributed by atoms with Crippen molar-refractivity contribution in [3.63, 3.8) is 0 Å². The molecule has 0 spiro atoms. The lowest BCUT2D eigenvalue weighted by molar-refractivity contribution is -0.384. The number of anilines is 2. The topological polar surface area (TPSA) is 100 Å². The van der Waals surface area contributed by atoms with Gasteiger partial charge in [-0.15, -0.1) is 0 Å². The first-order valence-corrected chi connectivity index (χ1v) is 7.65. The highest BCUT2D eigenvalue weighted by atomic mass is 32.2. The highest BCUT2D eigenvalue weighted by Crippen LogP contribution is 2.20. The Morgan fingerprint density at radius 2 is 2.05 bits per heavy atom. The van der Waals surface area contributed by atoms with Gasteiger partial charge >= 0.3 is 0 Å². The van der Waals surface area contributed by atoms with Gasteiger partial charge in [0, 0.05) is 25.4 Å². The molecule has 3 N–H and O–H groups in total. The summed E-state index contributed by atoms with van der Waals surface area (Å²) in [5, 5.41) is 25.6. The lowest BCUT2D eigenvalue weighted by Gasteiger charge is -2.08. The van der Waals surface area contributed by atoms with E-state index in [1.54, 1.807) is 11.8 Å². The first-order chi connectivity index (χ1) is 9.67. The van der Waals surface area contributed by atoms with Gasteiger partial charge in [-0.1, -0.05) is 0 Å². The Bertz CT molecular complexity index is 431. The van der Waals surface area contributed by atoms with Crippen molar-refractivity contribution in [3.8, 4) is 0 Å². The number of nitrogens with zero attached hydrogens (tertiary/aromatic N) is 2. The first kappa shape index (κ1) is 16.5. The zero-order valence-electron chi connectivity index (χ0n) is 11.5. The van der Waals surface area contributed by atoms with Crippen LogP contribution < -0.4 is 10.6 Å². The molecule has 112 valence electrons. The largest absolute Gasteiger partial charge is 0.396 e. The van der Waals surface area contributed by atoms with E-state index in [0.29, 0.717) is 24.7 Å². The average molecular weight is 300 g/mol. The molecule has 0 amide bonds. The Balaban J connectivity index is 2.53. The molecule has 0 radical (unpaired) electrons. The van der Waals surface area contributed by atoms with Crippen LogP contribution >= 0.6 is 11.8 Å². The van der Waals surface area contributed by atoms with Crippen molar-refractivity contribution in [2.24, 2.45) is 0 Å². The smallest absolute Gasteiger partial charge is 0.276 e.